The highest BCUT2D eigenvalue weighted by Crippen LogP contribution is 1.93. The Hall–Kier alpha value is -1.06. The standard InChI is InChI=1S/C5H9N3O/c1-3-5-6-4(2)7-8(5)9/h9H,3H2,1-2H3. The van der Waals surface area contributed by atoms with Gasteiger partial charge in [-0.3, -0.25) is 0 Å². The Kier molecular flexibility index (Phi) is 1.38. The number of nitrogens with zero attached hydrogens (tertiary/aromatic N) is 3. The van der Waals surface area contributed by atoms with Crippen LogP contribution in [0, 0.1) is 6.92 Å². The van der Waals surface area contributed by atoms with Crippen molar-refractivity contribution in [1.82, 2.24) is 14.9 Å². The third-order valence-electron chi connectivity index (χ3n) is 1.08. The van der Waals surface area contributed by atoms with Crippen molar-refractivity contribution in [3.63, 3.8) is 0 Å². The molecule has 1 aromatic rings. The van der Waals surface area contributed by atoms with Crippen LogP contribution in [0.2, 0.25) is 0 Å². The van der Waals surface area contributed by atoms with Gasteiger partial charge in [-0.2, -0.15) is 0 Å². The van der Waals surface area contributed by atoms with Crippen LogP contribution >= 0.6 is 0 Å². The summed E-state index contributed by atoms with van der Waals surface area (Å²) in [6.07, 6.45) is 0.706. The van der Waals surface area contributed by atoms with Crippen LogP contribution < -0.4 is 0 Å². The van der Waals surface area contributed by atoms with E-state index in [0.29, 0.717) is 18.1 Å². The maximum atomic E-state index is 8.87. The van der Waals surface area contributed by atoms with Gasteiger partial charge < -0.3 is 5.21 Å². The summed E-state index contributed by atoms with van der Waals surface area (Å²) >= 11 is 0. The van der Waals surface area contributed by atoms with Gasteiger partial charge in [-0.15, -0.1) is 5.10 Å². The second kappa shape index (κ2) is 2.05. The largest absolute Gasteiger partial charge is 0.410 e. The molecule has 1 aromatic heterocycles. The summed E-state index contributed by atoms with van der Waals surface area (Å²) in [5, 5.41) is 12.5. The summed E-state index contributed by atoms with van der Waals surface area (Å²) in [5.74, 6) is 1.21. The first-order valence-electron chi connectivity index (χ1n) is 2.86. The Morgan fingerprint density at radius 1 is 1.67 bits per heavy atom. The molecule has 0 saturated carbocycles. The van der Waals surface area contributed by atoms with E-state index in [1.807, 2.05) is 6.92 Å². The van der Waals surface area contributed by atoms with Gasteiger partial charge in [-0.25, -0.2) is 4.98 Å². The molecule has 0 bridgehead atoms. The molecule has 0 aliphatic heterocycles. The average Bonchev–Trinajstić information content (AvgIpc) is 2.10. The van der Waals surface area contributed by atoms with Gasteiger partial charge >= 0.3 is 0 Å². The molecule has 0 radical (unpaired) electrons. The molecule has 1 heterocycles. The number of hydrogen-bond acceptors (Lipinski definition) is 3. The molecule has 4 heteroatoms. The van der Waals surface area contributed by atoms with Crippen molar-refractivity contribution in [3.05, 3.63) is 11.6 Å². The van der Waals surface area contributed by atoms with Crippen molar-refractivity contribution >= 4 is 0 Å². The molecule has 0 unspecified atom stereocenters. The van der Waals surface area contributed by atoms with Gasteiger partial charge in [-0.1, -0.05) is 11.8 Å². The fourth-order valence-corrected chi connectivity index (χ4v) is 0.669. The predicted molar refractivity (Wildman–Crippen MR) is 31.3 cm³/mol. The van der Waals surface area contributed by atoms with Gasteiger partial charge in [-0.05, 0) is 6.92 Å². The van der Waals surface area contributed by atoms with Crippen molar-refractivity contribution in [2.45, 2.75) is 20.3 Å². The molecule has 0 aliphatic carbocycles. The molecule has 0 fully saturated rings. The van der Waals surface area contributed by atoms with E-state index in [2.05, 4.69) is 10.1 Å². The van der Waals surface area contributed by atoms with E-state index in [-0.39, 0.29) is 0 Å². The number of hydrogen-bond donors (Lipinski definition) is 1. The van der Waals surface area contributed by atoms with Crippen molar-refractivity contribution in [1.29, 1.82) is 0 Å². The zero-order valence-electron chi connectivity index (χ0n) is 5.50. The lowest BCUT2D eigenvalue weighted by molar-refractivity contribution is 0.138. The van der Waals surface area contributed by atoms with Crippen LogP contribution in [0.25, 0.3) is 0 Å². The monoisotopic (exact) mass is 127 g/mol. The van der Waals surface area contributed by atoms with Gasteiger partial charge in [0, 0.05) is 6.42 Å². The van der Waals surface area contributed by atoms with Gasteiger partial charge in [0.05, 0.1) is 0 Å². The van der Waals surface area contributed by atoms with Crippen molar-refractivity contribution in [2.75, 3.05) is 0 Å². The Morgan fingerprint density at radius 2 is 2.33 bits per heavy atom. The minimum absolute atomic E-state index is 0.604. The first-order chi connectivity index (χ1) is 4.24. The Bertz CT molecular complexity index is 206. The SMILES string of the molecule is CCc1nc(C)nn1O. The minimum Gasteiger partial charge on any atom is -0.410 e. The van der Waals surface area contributed by atoms with Crippen LogP contribution in [0.15, 0.2) is 0 Å². The lowest BCUT2D eigenvalue weighted by Gasteiger charge is -1.88. The normalized spacial score (nSPS) is 10.0. The first kappa shape index (κ1) is 6.07. The van der Waals surface area contributed by atoms with Crippen LogP contribution in [0.1, 0.15) is 18.6 Å². The summed E-state index contributed by atoms with van der Waals surface area (Å²) in [7, 11) is 0. The van der Waals surface area contributed by atoms with Crippen molar-refractivity contribution in [2.24, 2.45) is 0 Å². The third kappa shape index (κ3) is 1.01. The highest BCUT2D eigenvalue weighted by Gasteiger charge is 2.00. The van der Waals surface area contributed by atoms with Gasteiger partial charge in [0.25, 0.3) is 0 Å². The Morgan fingerprint density at radius 3 is 2.56 bits per heavy atom. The zero-order chi connectivity index (χ0) is 6.85. The molecule has 1 N–H and O–H groups in total. The highest BCUT2D eigenvalue weighted by atomic mass is 16.5. The molecule has 1 rings (SSSR count). The molecule has 0 spiro atoms. The number of aryl methyl sites for hydroxylation is 2. The molecule has 4 nitrogen and oxygen atoms in total. The van der Waals surface area contributed by atoms with E-state index < -0.39 is 0 Å². The molecular weight excluding hydrogens is 118 g/mol. The van der Waals surface area contributed by atoms with Crippen LogP contribution in [0.4, 0.5) is 0 Å². The maximum Gasteiger partial charge on any atom is 0.167 e. The number of rotatable bonds is 1. The zero-order valence-corrected chi connectivity index (χ0v) is 5.50. The maximum absolute atomic E-state index is 8.87. The fraction of sp³-hybridized carbons (Fsp3) is 0.600. The molecule has 0 aliphatic rings. The van der Waals surface area contributed by atoms with E-state index in [0.717, 1.165) is 4.85 Å². The van der Waals surface area contributed by atoms with Crippen LogP contribution in [-0.2, 0) is 6.42 Å². The van der Waals surface area contributed by atoms with Crippen LogP contribution in [0.3, 0.4) is 0 Å². The Labute approximate surface area is 53.1 Å². The van der Waals surface area contributed by atoms with Gasteiger partial charge in [0.1, 0.15) is 0 Å². The lowest BCUT2D eigenvalue weighted by atomic mass is 10.5. The van der Waals surface area contributed by atoms with Crippen molar-refractivity contribution < 1.29 is 5.21 Å². The molecule has 0 aromatic carbocycles. The smallest absolute Gasteiger partial charge is 0.167 e. The molecule has 9 heavy (non-hydrogen) atoms. The molecule has 50 valence electrons. The highest BCUT2D eigenvalue weighted by molar-refractivity contribution is 4.87. The predicted octanol–water partition coefficient (Wildman–Crippen LogP) is 0.386. The van der Waals surface area contributed by atoms with Gasteiger partial charge in [0.2, 0.25) is 0 Å². The second-order valence-electron chi connectivity index (χ2n) is 1.82. The van der Waals surface area contributed by atoms with Crippen molar-refractivity contribution in [3.8, 4) is 0 Å². The molecular formula is C5H9N3O. The van der Waals surface area contributed by atoms with E-state index in [4.69, 9.17) is 5.21 Å². The van der Waals surface area contributed by atoms with E-state index in [1.54, 1.807) is 6.92 Å². The van der Waals surface area contributed by atoms with E-state index >= 15 is 0 Å². The Balaban J connectivity index is 3.01. The summed E-state index contributed by atoms with van der Waals surface area (Å²) < 4.78 is 0. The van der Waals surface area contributed by atoms with Crippen LogP contribution in [-0.4, -0.2) is 20.1 Å². The summed E-state index contributed by atoms with van der Waals surface area (Å²) in [4.78, 5) is 4.75. The first-order valence-corrected chi connectivity index (χ1v) is 2.86. The summed E-state index contributed by atoms with van der Waals surface area (Å²) in [6, 6.07) is 0. The second-order valence-corrected chi connectivity index (χ2v) is 1.82. The quantitative estimate of drug-likeness (QED) is 0.555. The van der Waals surface area contributed by atoms with E-state index in [9.17, 15) is 0 Å². The van der Waals surface area contributed by atoms with Gasteiger partial charge in [0.15, 0.2) is 11.6 Å². The summed E-state index contributed by atoms with van der Waals surface area (Å²) in [6.45, 7) is 3.65. The van der Waals surface area contributed by atoms with Crippen LogP contribution in [0.5, 0.6) is 0 Å². The number of aromatic nitrogens is 3. The topological polar surface area (TPSA) is 50.9 Å². The third-order valence-corrected chi connectivity index (χ3v) is 1.08. The average molecular weight is 127 g/mol. The fourth-order valence-electron chi connectivity index (χ4n) is 0.669. The van der Waals surface area contributed by atoms with E-state index in [1.165, 1.54) is 0 Å². The summed E-state index contributed by atoms with van der Waals surface area (Å²) in [5.41, 5.74) is 0. The molecule has 0 amide bonds. The minimum atomic E-state index is 0.604. The molecule has 0 saturated heterocycles. The molecule has 0 atom stereocenters. The lowest BCUT2D eigenvalue weighted by Crippen LogP contribution is -1.98.